The van der Waals surface area contributed by atoms with Gasteiger partial charge in [0.25, 0.3) is 0 Å². The Morgan fingerprint density at radius 1 is 1.04 bits per heavy atom. The first-order valence-corrected chi connectivity index (χ1v) is 8.51. The number of aromatic nitrogens is 3. The number of nitrogens with zero attached hydrogens (tertiary/aromatic N) is 4. The van der Waals surface area contributed by atoms with Crippen molar-refractivity contribution in [1.29, 1.82) is 5.26 Å². The van der Waals surface area contributed by atoms with Crippen LogP contribution in [0.25, 0.3) is 21.0 Å². The van der Waals surface area contributed by atoms with Gasteiger partial charge in [-0.05, 0) is 29.8 Å². The fraction of sp³-hybridized carbons (Fsp3) is 0.235. The van der Waals surface area contributed by atoms with Crippen molar-refractivity contribution in [2.75, 3.05) is 31.2 Å². The van der Waals surface area contributed by atoms with Crippen LogP contribution in [0.3, 0.4) is 0 Å². The molecule has 0 atom stereocenters. The molecular formula is C17H15N5OS. The summed E-state index contributed by atoms with van der Waals surface area (Å²) in [5.74, 6) is 0. The highest BCUT2D eigenvalue weighted by Crippen LogP contribution is 2.35. The highest BCUT2D eigenvalue weighted by Gasteiger charge is 2.14. The molecule has 0 saturated carbocycles. The number of thiophene rings is 1. The van der Waals surface area contributed by atoms with Crippen molar-refractivity contribution in [1.82, 2.24) is 15.4 Å². The summed E-state index contributed by atoms with van der Waals surface area (Å²) in [4.78, 5) is 4.42. The van der Waals surface area contributed by atoms with Crippen molar-refractivity contribution in [2.24, 2.45) is 0 Å². The minimum absolute atomic E-state index is 0.325. The molecule has 120 valence electrons. The van der Waals surface area contributed by atoms with Crippen LogP contribution in [0.15, 0.2) is 36.4 Å². The van der Waals surface area contributed by atoms with Crippen molar-refractivity contribution in [2.45, 2.75) is 0 Å². The Labute approximate surface area is 143 Å². The number of morpholine rings is 1. The van der Waals surface area contributed by atoms with E-state index in [0.29, 0.717) is 11.4 Å². The maximum absolute atomic E-state index is 9.07. The maximum Gasteiger partial charge on any atom is 0.191 e. The fourth-order valence-corrected chi connectivity index (χ4v) is 3.76. The number of hydrogen-bond acceptors (Lipinski definition) is 6. The second-order valence-electron chi connectivity index (χ2n) is 5.44. The van der Waals surface area contributed by atoms with Gasteiger partial charge in [-0.15, -0.1) is 16.4 Å². The Bertz CT molecular complexity index is 871. The molecule has 3 heterocycles. The van der Waals surface area contributed by atoms with Crippen LogP contribution in [0, 0.1) is 11.3 Å². The molecule has 0 radical (unpaired) electrons. The molecule has 0 unspecified atom stereocenters. The average Bonchev–Trinajstić information content (AvgIpc) is 3.31. The molecule has 0 spiro atoms. The SMILES string of the molecule is N#Cc1n[nH]nc1-c1ccc(-c2ccc(N3CCOCC3)cc2)s1. The van der Waals surface area contributed by atoms with Gasteiger partial charge in [0.15, 0.2) is 5.69 Å². The molecule has 1 saturated heterocycles. The first-order valence-electron chi connectivity index (χ1n) is 7.69. The molecule has 3 aromatic rings. The Hall–Kier alpha value is -2.69. The summed E-state index contributed by atoms with van der Waals surface area (Å²) in [5.41, 5.74) is 3.32. The van der Waals surface area contributed by atoms with E-state index in [1.165, 1.54) is 5.69 Å². The molecule has 2 aromatic heterocycles. The Morgan fingerprint density at radius 3 is 2.54 bits per heavy atom. The third-order valence-corrected chi connectivity index (χ3v) is 5.16. The fourth-order valence-electron chi connectivity index (χ4n) is 2.76. The summed E-state index contributed by atoms with van der Waals surface area (Å²) >= 11 is 1.61. The molecule has 6 nitrogen and oxygen atoms in total. The molecule has 4 rings (SSSR count). The monoisotopic (exact) mass is 337 g/mol. The average molecular weight is 337 g/mol. The first kappa shape index (κ1) is 14.9. The number of H-pyrrole nitrogens is 1. The zero-order valence-corrected chi connectivity index (χ0v) is 13.7. The molecule has 1 aromatic carbocycles. The van der Waals surface area contributed by atoms with Gasteiger partial charge in [0.05, 0.1) is 18.1 Å². The van der Waals surface area contributed by atoms with E-state index >= 15 is 0 Å². The molecule has 24 heavy (non-hydrogen) atoms. The van der Waals surface area contributed by atoms with Crippen molar-refractivity contribution in [3.05, 3.63) is 42.1 Å². The van der Waals surface area contributed by atoms with Gasteiger partial charge >= 0.3 is 0 Å². The zero-order valence-electron chi connectivity index (χ0n) is 12.9. The summed E-state index contributed by atoms with van der Waals surface area (Å²) in [6.45, 7) is 3.45. The van der Waals surface area contributed by atoms with Crippen LogP contribution < -0.4 is 4.90 Å². The van der Waals surface area contributed by atoms with Gasteiger partial charge in [0.1, 0.15) is 11.8 Å². The van der Waals surface area contributed by atoms with Gasteiger partial charge in [-0.25, -0.2) is 0 Å². The predicted octanol–water partition coefficient (Wildman–Crippen LogP) is 2.91. The lowest BCUT2D eigenvalue weighted by Crippen LogP contribution is -2.36. The van der Waals surface area contributed by atoms with Gasteiger partial charge in [-0.3, -0.25) is 0 Å². The number of rotatable bonds is 3. The largest absolute Gasteiger partial charge is 0.378 e. The number of nitrogens with one attached hydrogen (secondary N) is 1. The highest BCUT2D eigenvalue weighted by molar-refractivity contribution is 7.18. The van der Waals surface area contributed by atoms with Gasteiger partial charge in [0, 0.05) is 23.7 Å². The maximum atomic E-state index is 9.07. The lowest BCUT2D eigenvalue weighted by atomic mass is 10.1. The van der Waals surface area contributed by atoms with E-state index in [1.807, 2.05) is 6.07 Å². The number of ether oxygens (including phenoxy) is 1. The second-order valence-corrected chi connectivity index (χ2v) is 6.53. The normalized spacial score (nSPS) is 14.5. The quantitative estimate of drug-likeness (QED) is 0.795. The lowest BCUT2D eigenvalue weighted by molar-refractivity contribution is 0.122. The third-order valence-electron chi connectivity index (χ3n) is 4.02. The molecule has 1 aliphatic heterocycles. The number of anilines is 1. The molecule has 1 fully saturated rings. The molecule has 0 bridgehead atoms. The molecule has 1 N–H and O–H groups in total. The number of benzene rings is 1. The van der Waals surface area contributed by atoms with E-state index in [-0.39, 0.29) is 0 Å². The summed E-state index contributed by atoms with van der Waals surface area (Å²) in [5, 5.41) is 19.5. The summed E-state index contributed by atoms with van der Waals surface area (Å²) < 4.78 is 5.39. The minimum Gasteiger partial charge on any atom is -0.378 e. The van der Waals surface area contributed by atoms with Gasteiger partial charge in [-0.1, -0.05) is 12.1 Å². The summed E-state index contributed by atoms with van der Waals surface area (Å²) in [7, 11) is 0. The number of nitriles is 1. The van der Waals surface area contributed by atoms with Crippen LogP contribution in [0.2, 0.25) is 0 Å². The van der Waals surface area contributed by atoms with Crippen molar-refractivity contribution in [3.63, 3.8) is 0 Å². The van der Waals surface area contributed by atoms with Crippen LogP contribution in [0.5, 0.6) is 0 Å². The Morgan fingerprint density at radius 2 is 1.79 bits per heavy atom. The second kappa shape index (κ2) is 6.43. The van der Waals surface area contributed by atoms with E-state index in [2.05, 4.69) is 56.7 Å². The highest BCUT2D eigenvalue weighted by atomic mass is 32.1. The topological polar surface area (TPSA) is 77.8 Å². The van der Waals surface area contributed by atoms with E-state index in [1.54, 1.807) is 11.3 Å². The minimum atomic E-state index is 0.325. The van der Waals surface area contributed by atoms with E-state index in [4.69, 9.17) is 10.00 Å². The van der Waals surface area contributed by atoms with Crippen molar-refractivity contribution >= 4 is 17.0 Å². The number of aromatic amines is 1. The number of hydrogen-bond donors (Lipinski definition) is 1. The van der Waals surface area contributed by atoms with Crippen LogP contribution in [0.4, 0.5) is 5.69 Å². The summed E-state index contributed by atoms with van der Waals surface area (Å²) in [6, 6.07) is 14.7. The van der Waals surface area contributed by atoms with Crippen molar-refractivity contribution < 1.29 is 4.74 Å². The standard InChI is InChI=1S/C17H15N5OS/c18-11-14-17(20-21-19-14)16-6-5-15(24-16)12-1-3-13(4-2-12)22-7-9-23-10-8-22/h1-6H,7-10H2,(H,19,20,21). The Kier molecular flexibility index (Phi) is 3.99. The van der Waals surface area contributed by atoms with E-state index < -0.39 is 0 Å². The predicted molar refractivity (Wildman–Crippen MR) is 92.9 cm³/mol. The first-order chi connectivity index (χ1) is 11.8. The Balaban J connectivity index is 1.57. The smallest absolute Gasteiger partial charge is 0.191 e. The molecule has 0 aliphatic carbocycles. The van der Waals surface area contributed by atoms with Gasteiger partial charge in [0.2, 0.25) is 0 Å². The summed E-state index contributed by atoms with van der Waals surface area (Å²) in [6.07, 6.45) is 0. The lowest BCUT2D eigenvalue weighted by Gasteiger charge is -2.28. The van der Waals surface area contributed by atoms with Gasteiger partial charge < -0.3 is 9.64 Å². The van der Waals surface area contributed by atoms with Gasteiger partial charge in [-0.2, -0.15) is 15.6 Å². The van der Waals surface area contributed by atoms with Crippen molar-refractivity contribution in [3.8, 4) is 27.1 Å². The molecule has 0 amide bonds. The van der Waals surface area contributed by atoms with E-state index in [0.717, 1.165) is 41.6 Å². The molecule has 1 aliphatic rings. The molecule has 7 heteroatoms. The van der Waals surface area contributed by atoms with Crippen LogP contribution >= 0.6 is 11.3 Å². The zero-order chi connectivity index (χ0) is 16.4. The molecular weight excluding hydrogens is 322 g/mol. The van der Waals surface area contributed by atoms with Crippen LogP contribution in [0.1, 0.15) is 5.69 Å². The van der Waals surface area contributed by atoms with Crippen LogP contribution in [-0.2, 0) is 4.74 Å². The van der Waals surface area contributed by atoms with Crippen LogP contribution in [-0.4, -0.2) is 41.7 Å². The third kappa shape index (κ3) is 2.77. The van der Waals surface area contributed by atoms with E-state index in [9.17, 15) is 0 Å².